The molecular formula is C18H16N2O7. The zero-order valence-electron chi connectivity index (χ0n) is 14.3. The second-order valence-corrected chi connectivity index (χ2v) is 6.08. The van der Waals surface area contributed by atoms with Crippen molar-refractivity contribution < 1.29 is 33.1 Å². The van der Waals surface area contributed by atoms with Gasteiger partial charge in [0.05, 0.1) is 0 Å². The van der Waals surface area contributed by atoms with Gasteiger partial charge in [0.1, 0.15) is 32.1 Å². The number of aromatic nitrogens is 1. The van der Waals surface area contributed by atoms with E-state index in [1.165, 1.54) is 0 Å². The quantitative estimate of drug-likeness (QED) is 0.571. The van der Waals surface area contributed by atoms with Gasteiger partial charge in [-0.15, -0.1) is 0 Å². The number of amides is 2. The van der Waals surface area contributed by atoms with Crippen LogP contribution in [0.25, 0.3) is 11.3 Å². The molecule has 2 aliphatic heterocycles. The lowest BCUT2D eigenvalue weighted by atomic mass is 10.1. The number of fused-ring (bicyclic) bond motifs is 1. The van der Waals surface area contributed by atoms with Gasteiger partial charge in [-0.1, -0.05) is 5.16 Å². The summed E-state index contributed by atoms with van der Waals surface area (Å²) in [6, 6.07) is 7.03. The fraction of sp³-hybridized carbons (Fsp3) is 0.333. The van der Waals surface area contributed by atoms with Gasteiger partial charge in [0, 0.05) is 24.5 Å². The number of rotatable bonds is 5. The Kier molecular flexibility index (Phi) is 4.49. The van der Waals surface area contributed by atoms with Crippen LogP contribution < -0.4 is 9.47 Å². The molecular weight excluding hydrogens is 356 g/mol. The summed E-state index contributed by atoms with van der Waals surface area (Å²) in [7, 11) is 0. The average Bonchev–Trinajstić information content (AvgIpc) is 3.28. The maximum absolute atomic E-state index is 11.8. The van der Waals surface area contributed by atoms with Gasteiger partial charge in [-0.3, -0.25) is 19.3 Å². The number of imide groups is 1. The van der Waals surface area contributed by atoms with Gasteiger partial charge in [-0.05, 0) is 18.2 Å². The summed E-state index contributed by atoms with van der Waals surface area (Å²) in [5.41, 5.74) is 1.16. The monoisotopic (exact) mass is 372 g/mol. The number of esters is 1. The smallest absolute Gasteiger partial charge is 0.326 e. The average molecular weight is 372 g/mol. The largest absolute Gasteiger partial charge is 0.486 e. The molecule has 27 heavy (non-hydrogen) atoms. The molecule has 0 unspecified atom stereocenters. The van der Waals surface area contributed by atoms with E-state index >= 15 is 0 Å². The Morgan fingerprint density at radius 3 is 2.59 bits per heavy atom. The van der Waals surface area contributed by atoms with Crippen molar-refractivity contribution in [3.05, 3.63) is 30.0 Å². The maximum atomic E-state index is 11.8. The third-order valence-electron chi connectivity index (χ3n) is 4.21. The molecule has 0 spiro atoms. The lowest BCUT2D eigenvalue weighted by molar-refractivity contribution is -0.153. The van der Waals surface area contributed by atoms with Crippen LogP contribution in [0.3, 0.4) is 0 Å². The third-order valence-corrected chi connectivity index (χ3v) is 4.21. The predicted molar refractivity (Wildman–Crippen MR) is 88.7 cm³/mol. The summed E-state index contributed by atoms with van der Waals surface area (Å²) < 4.78 is 21.4. The van der Waals surface area contributed by atoms with Gasteiger partial charge in [-0.2, -0.15) is 0 Å². The van der Waals surface area contributed by atoms with Crippen LogP contribution in [-0.2, 0) is 25.7 Å². The molecule has 1 aromatic carbocycles. The topological polar surface area (TPSA) is 108 Å². The lowest BCUT2D eigenvalue weighted by Crippen LogP contribution is -2.35. The highest BCUT2D eigenvalue weighted by molar-refractivity contribution is 6.04. The predicted octanol–water partition coefficient (Wildman–Crippen LogP) is 1.30. The van der Waals surface area contributed by atoms with Gasteiger partial charge in [0.15, 0.2) is 17.3 Å². The number of likely N-dealkylation sites (tertiary alicyclic amines) is 1. The van der Waals surface area contributed by atoms with Gasteiger partial charge in [0.2, 0.25) is 11.8 Å². The van der Waals surface area contributed by atoms with Gasteiger partial charge < -0.3 is 18.7 Å². The van der Waals surface area contributed by atoms with E-state index in [1.807, 2.05) is 6.07 Å². The molecule has 2 aromatic rings. The Labute approximate surface area is 153 Å². The zero-order chi connectivity index (χ0) is 18.8. The van der Waals surface area contributed by atoms with E-state index in [0.29, 0.717) is 36.2 Å². The van der Waals surface area contributed by atoms with E-state index in [9.17, 15) is 14.4 Å². The van der Waals surface area contributed by atoms with E-state index in [1.54, 1.807) is 18.2 Å². The molecule has 2 amide bonds. The molecule has 1 saturated heterocycles. The Hall–Kier alpha value is -3.36. The SMILES string of the molecule is O=C(CN1C(=O)CCC1=O)OCc1cc(-c2ccc3c(c2)OCCO3)on1. The Bertz CT molecular complexity index is 889. The molecule has 0 N–H and O–H groups in total. The second kappa shape index (κ2) is 7.10. The highest BCUT2D eigenvalue weighted by Crippen LogP contribution is 2.34. The molecule has 3 heterocycles. The normalized spacial score (nSPS) is 15.9. The summed E-state index contributed by atoms with van der Waals surface area (Å²) in [6.07, 6.45) is 0.266. The molecule has 4 rings (SSSR count). The first-order valence-electron chi connectivity index (χ1n) is 8.44. The first-order chi connectivity index (χ1) is 13.1. The van der Waals surface area contributed by atoms with Crippen molar-refractivity contribution in [3.8, 4) is 22.8 Å². The van der Waals surface area contributed by atoms with Gasteiger partial charge in [-0.25, -0.2) is 0 Å². The molecule has 0 atom stereocenters. The fourth-order valence-corrected chi connectivity index (χ4v) is 2.84. The van der Waals surface area contributed by atoms with Crippen LogP contribution in [0.1, 0.15) is 18.5 Å². The minimum Gasteiger partial charge on any atom is -0.486 e. The molecule has 9 nitrogen and oxygen atoms in total. The van der Waals surface area contributed by atoms with Crippen LogP contribution in [0.5, 0.6) is 11.5 Å². The molecule has 0 radical (unpaired) electrons. The summed E-state index contributed by atoms with van der Waals surface area (Å²) in [4.78, 5) is 35.8. The number of carbonyl (C=O) groups is 3. The number of hydrogen-bond donors (Lipinski definition) is 0. The van der Waals surface area contributed by atoms with Crippen molar-refractivity contribution in [2.24, 2.45) is 0 Å². The molecule has 140 valence electrons. The number of carbonyl (C=O) groups excluding carboxylic acids is 3. The third kappa shape index (κ3) is 3.62. The standard InChI is InChI=1S/C18H16N2O7/c21-16-3-4-17(22)20(16)9-18(23)26-10-12-8-14(27-19-12)11-1-2-13-15(7-11)25-6-5-24-13/h1-2,7-8H,3-6,9-10H2. The Balaban J connectivity index is 1.36. The number of ether oxygens (including phenoxy) is 3. The van der Waals surface area contributed by atoms with Crippen LogP contribution in [0.4, 0.5) is 0 Å². The zero-order valence-corrected chi connectivity index (χ0v) is 14.3. The van der Waals surface area contributed by atoms with Crippen molar-refractivity contribution >= 4 is 17.8 Å². The number of benzene rings is 1. The fourth-order valence-electron chi connectivity index (χ4n) is 2.84. The molecule has 0 aliphatic carbocycles. The van der Waals surface area contributed by atoms with Crippen molar-refractivity contribution in [2.75, 3.05) is 19.8 Å². The molecule has 0 bridgehead atoms. The lowest BCUT2D eigenvalue weighted by Gasteiger charge is -2.18. The molecule has 9 heteroatoms. The molecule has 1 aromatic heterocycles. The molecule has 1 fully saturated rings. The van der Waals surface area contributed by atoms with Gasteiger partial charge in [0.25, 0.3) is 0 Å². The van der Waals surface area contributed by atoms with Crippen LogP contribution in [0.2, 0.25) is 0 Å². The van der Waals surface area contributed by atoms with E-state index < -0.39 is 5.97 Å². The second-order valence-electron chi connectivity index (χ2n) is 6.08. The van der Waals surface area contributed by atoms with Crippen molar-refractivity contribution in [1.82, 2.24) is 10.1 Å². The minimum atomic E-state index is -0.678. The Morgan fingerprint density at radius 2 is 1.81 bits per heavy atom. The van der Waals surface area contributed by atoms with Crippen molar-refractivity contribution in [2.45, 2.75) is 19.4 Å². The number of hydrogen-bond acceptors (Lipinski definition) is 8. The van der Waals surface area contributed by atoms with Crippen LogP contribution in [0, 0.1) is 0 Å². The van der Waals surface area contributed by atoms with Crippen LogP contribution >= 0.6 is 0 Å². The van der Waals surface area contributed by atoms with Gasteiger partial charge >= 0.3 is 5.97 Å². The molecule has 0 saturated carbocycles. The summed E-state index contributed by atoms with van der Waals surface area (Å²) in [5, 5.41) is 3.87. The highest BCUT2D eigenvalue weighted by Gasteiger charge is 2.31. The molecule has 2 aliphatic rings. The van der Waals surface area contributed by atoms with Crippen molar-refractivity contribution in [1.29, 1.82) is 0 Å². The van der Waals surface area contributed by atoms with Crippen LogP contribution in [0.15, 0.2) is 28.8 Å². The van der Waals surface area contributed by atoms with E-state index in [2.05, 4.69) is 5.16 Å². The minimum absolute atomic E-state index is 0.122. The summed E-state index contributed by atoms with van der Waals surface area (Å²) in [5.74, 6) is 0.386. The Morgan fingerprint density at radius 1 is 1.07 bits per heavy atom. The summed E-state index contributed by atoms with van der Waals surface area (Å²) in [6.45, 7) is 0.489. The first kappa shape index (κ1) is 17.1. The first-order valence-corrected chi connectivity index (χ1v) is 8.44. The maximum Gasteiger partial charge on any atom is 0.326 e. The van der Waals surface area contributed by atoms with Crippen molar-refractivity contribution in [3.63, 3.8) is 0 Å². The number of nitrogens with zero attached hydrogens (tertiary/aromatic N) is 2. The van der Waals surface area contributed by atoms with Crippen LogP contribution in [-0.4, -0.2) is 47.6 Å². The highest BCUT2D eigenvalue weighted by atomic mass is 16.6. The van der Waals surface area contributed by atoms with E-state index in [0.717, 1.165) is 10.5 Å². The van der Waals surface area contributed by atoms with E-state index in [-0.39, 0.29) is 37.8 Å². The van der Waals surface area contributed by atoms with E-state index in [4.69, 9.17) is 18.7 Å². The summed E-state index contributed by atoms with van der Waals surface area (Å²) >= 11 is 0.